The molecule has 0 bridgehead atoms. The topological polar surface area (TPSA) is 62.4 Å². The molecule has 1 fully saturated rings. The van der Waals surface area contributed by atoms with Gasteiger partial charge < -0.3 is 20.7 Å². The number of carbonyl (C=O) groups excluding carboxylic acids is 1. The minimum atomic E-state index is -4.99. The van der Waals surface area contributed by atoms with Crippen molar-refractivity contribution in [1.29, 1.82) is 0 Å². The van der Waals surface area contributed by atoms with Crippen LogP contribution in [0.25, 0.3) is 0 Å². The number of halogens is 7. The molecular weight excluding hydrogens is 512 g/mol. The van der Waals surface area contributed by atoms with Crippen molar-refractivity contribution in [2.45, 2.75) is 36.7 Å². The molecule has 5 nitrogen and oxygen atoms in total. The van der Waals surface area contributed by atoms with Crippen molar-refractivity contribution >= 4 is 18.4 Å². The average Bonchev–Trinajstić information content (AvgIpc) is 2.83. The van der Waals surface area contributed by atoms with E-state index in [1.165, 1.54) is 7.05 Å². The number of piperidine rings is 1. The molecule has 1 aliphatic heterocycles. The van der Waals surface area contributed by atoms with Crippen molar-refractivity contribution in [1.82, 2.24) is 16.0 Å². The second-order valence-corrected chi connectivity index (χ2v) is 8.50. The van der Waals surface area contributed by atoms with Crippen LogP contribution in [-0.4, -0.2) is 39.3 Å². The predicted molar refractivity (Wildman–Crippen MR) is 125 cm³/mol. The molecule has 0 spiro atoms. The SMILES string of the molecule is CNC(=O)NCC(OCC1(c2ccccc2)CCNCC1)c1cc(C(F)(F)F)cc(C(F)(F)F)c1.Cl. The molecule has 1 heterocycles. The fourth-order valence-electron chi connectivity index (χ4n) is 4.19. The van der Waals surface area contributed by atoms with Gasteiger partial charge in [0, 0.05) is 19.0 Å². The van der Waals surface area contributed by atoms with Gasteiger partial charge in [0.05, 0.1) is 23.8 Å². The van der Waals surface area contributed by atoms with Gasteiger partial charge in [-0.15, -0.1) is 12.4 Å². The van der Waals surface area contributed by atoms with Crippen molar-refractivity contribution in [3.63, 3.8) is 0 Å². The number of amides is 2. The first-order valence-corrected chi connectivity index (χ1v) is 11.1. The number of hydrogen-bond acceptors (Lipinski definition) is 3. The second-order valence-electron chi connectivity index (χ2n) is 8.50. The number of benzene rings is 2. The monoisotopic (exact) mass is 539 g/mol. The van der Waals surface area contributed by atoms with E-state index in [0.29, 0.717) is 38.1 Å². The van der Waals surface area contributed by atoms with Crippen molar-refractivity contribution in [2.75, 3.05) is 33.3 Å². The Labute approximate surface area is 211 Å². The smallest absolute Gasteiger partial charge is 0.371 e. The number of alkyl halides is 6. The highest BCUT2D eigenvalue weighted by molar-refractivity contribution is 5.85. The third-order valence-electron chi connectivity index (χ3n) is 6.16. The van der Waals surface area contributed by atoms with Crippen LogP contribution in [0.4, 0.5) is 31.1 Å². The van der Waals surface area contributed by atoms with Gasteiger partial charge in [0.15, 0.2) is 0 Å². The second kappa shape index (κ2) is 12.2. The summed E-state index contributed by atoms with van der Waals surface area (Å²) in [6, 6.07) is 10.2. The largest absolute Gasteiger partial charge is 0.416 e. The third kappa shape index (κ3) is 7.50. The molecule has 0 radical (unpaired) electrons. The molecule has 12 heteroatoms. The average molecular weight is 540 g/mol. The molecule has 1 unspecified atom stereocenters. The van der Waals surface area contributed by atoms with Crippen LogP contribution < -0.4 is 16.0 Å². The maximum absolute atomic E-state index is 13.4. The summed E-state index contributed by atoms with van der Waals surface area (Å²) in [6.45, 7) is 1.10. The van der Waals surface area contributed by atoms with E-state index >= 15 is 0 Å². The molecule has 0 saturated carbocycles. The number of nitrogens with one attached hydrogen (secondary N) is 3. The summed E-state index contributed by atoms with van der Waals surface area (Å²) in [6.07, 6.45) is -9.89. The lowest BCUT2D eigenvalue weighted by molar-refractivity contribution is -0.143. The highest BCUT2D eigenvalue weighted by Crippen LogP contribution is 2.39. The molecule has 1 aliphatic rings. The molecule has 36 heavy (non-hydrogen) atoms. The van der Waals surface area contributed by atoms with E-state index in [1.54, 1.807) is 0 Å². The van der Waals surface area contributed by atoms with E-state index in [4.69, 9.17) is 4.74 Å². The van der Waals surface area contributed by atoms with E-state index in [-0.39, 0.29) is 37.2 Å². The molecule has 1 saturated heterocycles. The van der Waals surface area contributed by atoms with Crippen LogP contribution in [-0.2, 0) is 22.5 Å². The quantitative estimate of drug-likeness (QED) is 0.410. The normalized spacial score (nSPS) is 16.5. The maximum Gasteiger partial charge on any atom is 0.416 e. The van der Waals surface area contributed by atoms with Gasteiger partial charge in [-0.2, -0.15) is 26.3 Å². The zero-order chi connectivity index (χ0) is 25.7. The number of rotatable bonds is 7. The standard InChI is InChI=1S/C24H27F6N3O2.ClH/c1-31-21(34)33-14-20(16-11-18(23(25,26)27)13-19(12-16)24(28,29)30)35-15-22(7-9-32-10-8-22)17-5-3-2-4-6-17;/h2-6,11-13,20,32H,7-10,14-15H2,1H3,(H2,31,33,34);1H. The summed E-state index contributed by atoms with van der Waals surface area (Å²) < 4.78 is 86.6. The van der Waals surface area contributed by atoms with Gasteiger partial charge in [0.2, 0.25) is 0 Å². The van der Waals surface area contributed by atoms with Crippen molar-refractivity contribution in [3.05, 3.63) is 70.8 Å². The van der Waals surface area contributed by atoms with Crippen LogP contribution in [0.15, 0.2) is 48.5 Å². The maximum atomic E-state index is 13.4. The fraction of sp³-hybridized carbons (Fsp3) is 0.458. The van der Waals surface area contributed by atoms with Crippen LogP contribution in [0.5, 0.6) is 0 Å². The zero-order valence-corrected chi connectivity index (χ0v) is 20.2. The fourth-order valence-corrected chi connectivity index (χ4v) is 4.19. The molecule has 3 N–H and O–H groups in total. The van der Waals surface area contributed by atoms with E-state index in [0.717, 1.165) is 5.56 Å². The summed E-state index contributed by atoms with van der Waals surface area (Å²) in [5.74, 6) is 0. The molecule has 0 aromatic heterocycles. The molecule has 3 rings (SSSR count). The highest BCUT2D eigenvalue weighted by Gasteiger charge is 2.39. The molecular formula is C24H28ClF6N3O2. The van der Waals surface area contributed by atoms with Crippen LogP contribution in [0.3, 0.4) is 0 Å². The van der Waals surface area contributed by atoms with E-state index in [1.807, 2.05) is 30.3 Å². The lowest BCUT2D eigenvalue weighted by atomic mass is 9.74. The first kappa shape index (κ1) is 29.7. The van der Waals surface area contributed by atoms with Gasteiger partial charge in [-0.05, 0) is 55.3 Å². The van der Waals surface area contributed by atoms with Gasteiger partial charge >= 0.3 is 18.4 Å². The van der Waals surface area contributed by atoms with Gasteiger partial charge in [0.25, 0.3) is 0 Å². The number of carbonyl (C=O) groups is 1. The van der Waals surface area contributed by atoms with Gasteiger partial charge in [0.1, 0.15) is 0 Å². The Morgan fingerprint density at radius 2 is 1.56 bits per heavy atom. The van der Waals surface area contributed by atoms with Gasteiger partial charge in [-0.3, -0.25) is 0 Å². The molecule has 200 valence electrons. The Balaban J connectivity index is 0.00000456. The van der Waals surface area contributed by atoms with E-state index in [9.17, 15) is 31.1 Å². The van der Waals surface area contributed by atoms with Crippen LogP contribution in [0.2, 0.25) is 0 Å². The highest BCUT2D eigenvalue weighted by atomic mass is 35.5. The Morgan fingerprint density at radius 3 is 2.06 bits per heavy atom. The van der Waals surface area contributed by atoms with Crippen LogP contribution in [0, 0.1) is 0 Å². The Kier molecular flexibility index (Phi) is 10.0. The zero-order valence-electron chi connectivity index (χ0n) is 19.4. The minimum absolute atomic E-state index is 0. The van der Waals surface area contributed by atoms with Crippen LogP contribution in [0.1, 0.15) is 41.2 Å². The first-order valence-electron chi connectivity index (χ1n) is 11.1. The first-order chi connectivity index (χ1) is 16.4. The Bertz CT molecular complexity index is 963. The summed E-state index contributed by atoms with van der Waals surface area (Å²) in [4.78, 5) is 11.7. The molecule has 2 aromatic rings. The van der Waals surface area contributed by atoms with Crippen molar-refractivity contribution in [3.8, 4) is 0 Å². The molecule has 1 atom stereocenters. The number of urea groups is 1. The van der Waals surface area contributed by atoms with Gasteiger partial charge in [-0.25, -0.2) is 4.79 Å². The summed E-state index contributed by atoms with van der Waals surface area (Å²) in [5.41, 5.74) is -2.70. The van der Waals surface area contributed by atoms with E-state index < -0.39 is 41.0 Å². The number of hydrogen-bond donors (Lipinski definition) is 3. The number of ether oxygens (including phenoxy) is 1. The van der Waals surface area contributed by atoms with Crippen molar-refractivity contribution < 1.29 is 35.9 Å². The van der Waals surface area contributed by atoms with Gasteiger partial charge in [-0.1, -0.05) is 30.3 Å². The summed E-state index contributed by atoms with van der Waals surface area (Å²) in [5, 5.41) is 8.00. The predicted octanol–water partition coefficient (Wildman–Crippen LogP) is 5.45. The molecule has 0 aliphatic carbocycles. The lowest BCUT2D eigenvalue weighted by Gasteiger charge is -2.39. The summed E-state index contributed by atoms with van der Waals surface area (Å²) >= 11 is 0. The van der Waals surface area contributed by atoms with Crippen LogP contribution >= 0.6 is 12.4 Å². The lowest BCUT2D eigenvalue weighted by Crippen LogP contribution is -2.44. The molecule has 2 aromatic carbocycles. The Hall–Kier alpha value is -2.50. The Morgan fingerprint density at radius 1 is 1.00 bits per heavy atom. The van der Waals surface area contributed by atoms with E-state index in [2.05, 4.69) is 16.0 Å². The molecule has 2 amide bonds. The summed E-state index contributed by atoms with van der Waals surface area (Å²) in [7, 11) is 1.34. The van der Waals surface area contributed by atoms with Crippen molar-refractivity contribution in [2.24, 2.45) is 0 Å². The minimum Gasteiger partial charge on any atom is -0.371 e. The third-order valence-corrected chi connectivity index (χ3v) is 6.16.